The van der Waals surface area contributed by atoms with Crippen LogP contribution in [0.1, 0.15) is 10.4 Å². The van der Waals surface area contributed by atoms with E-state index >= 15 is 0 Å². The Hall–Kier alpha value is -3.01. The van der Waals surface area contributed by atoms with Crippen molar-refractivity contribution < 1.29 is 19.4 Å². The fourth-order valence-electron chi connectivity index (χ4n) is 2.68. The molecule has 0 aliphatic carbocycles. The summed E-state index contributed by atoms with van der Waals surface area (Å²) >= 11 is 0. The van der Waals surface area contributed by atoms with E-state index in [1.54, 1.807) is 25.3 Å². The molecule has 23 heavy (non-hydrogen) atoms. The minimum atomic E-state index is -0.978. The Kier molecular flexibility index (Phi) is 3.89. The normalized spacial score (nSPS) is 10.5. The molecule has 0 aliphatic heterocycles. The number of benzene rings is 3. The molecule has 0 aromatic heterocycles. The van der Waals surface area contributed by atoms with Gasteiger partial charge >= 0.3 is 5.97 Å². The van der Waals surface area contributed by atoms with E-state index in [-0.39, 0.29) is 5.56 Å². The molecule has 0 saturated heterocycles. The summed E-state index contributed by atoms with van der Waals surface area (Å²) in [5, 5.41) is 11.5. The minimum absolute atomic E-state index is 0.220. The van der Waals surface area contributed by atoms with Gasteiger partial charge in [0, 0.05) is 5.56 Å². The second-order valence-electron chi connectivity index (χ2n) is 5.12. The lowest BCUT2D eigenvalue weighted by atomic mass is 9.96. The highest BCUT2D eigenvalue weighted by Gasteiger charge is 2.16. The first-order chi connectivity index (χ1) is 11.1. The number of carbonyl (C=O) groups is 1. The van der Waals surface area contributed by atoms with E-state index in [1.165, 1.54) is 7.11 Å². The highest BCUT2D eigenvalue weighted by molar-refractivity contribution is 5.99. The summed E-state index contributed by atoms with van der Waals surface area (Å²) in [6.45, 7) is 0. The van der Waals surface area contributed by atoms with Gasteiger partial charge in [0.05, 0.1) is 19.8 Å². The van der Waals surface area contributed by atoms with E-state index in [1.807, 2.05) is 36.4 Å². The third-order valence-electron chi connectivity index (χ3n) is 3.81. The van der Waals surface area contributed by atoms with Crippen LogP contribution in [0.2, 0.25) is 0 Å². The molecule has 0 fully saturated rings. The van der Waals surface area contributed by atoms with E-state index < -0.39 is 5.97 Å². The summed E-state index contributed by atoms with van der Waals surface area (Å²) in [5.41, 5.74) is 1.61. The quantitative estimate of drug-likeness (QED) is 0.784. The number of carboxylic acid groups (broad SMARTS) is 1. The molecule has 3 aromatic carbocycles. The SMILES string of the molecule is COc1ccc2cc(-c3c(OC)cccc3C(=O)O)ccc2c1. The van der Waals surface area contributed by atoms with Crippen molar-refractivity contribution in [2.75, 3.05) is 14.2 Å². The van der Waals surface area contributed by atoms with E-state index in [0.29, 0.717) is 11.3 Å². The first-order valence-electron chi connectivity index (χ1n) is 7.12. The molecule has 4 nitrogen and oxygen atoms in total. The number of hydrogen-bond acceptors (Lipinski definition) is 3. The topological polar surface area (TPSA) is 55.8 Å². The lowest BCUT2D eigenvalue weighted by molar-refractivity contribution is 0.0697. The first-order valence-corrected chi connectivity index (χ1v) is 7.12. The van der Waals surface area contributed by atoms with Gasteiger partial charge in [-0.05, 0) is 46.7 Å². The predicted molar refractivity (Wildman–Crippen MR) is 89.4 cm³/mol. The molecular formula is C19H16O4. The highest BCUT2D eigenvalue weighted by atomic mass is 16.5. The lowest BCUT2D eigenvalue weighted by Gasteiger charge is -2.13. The molecule has 0 aliphatic rings. The summed E-state index contributed by atoms with van der Waals surface area (Å²) in [6, 6.07) is 16.6. The van der Waals surface area contributed by atoms with Gasteiger partial charge in [-0.15, -0.1) is 0 Å². The van der Waals surface area contributed by atoms with E-state index in [9.17, 15) is 9.90 Å². The molecule has 0 unspecified atom stereocenters. The van der Waals surface area contributed by atoms with Crippen LogP contribution < -0.4 is 9.47 Å². The summed E-state index contributed by atoms with van der Waals surface area (Å²) in [5.74, 6) is 0.347. The molecule has 0 bridgehead atoms. The van der Waals surface area contributed by atoms with Crippen LogP contribution in [0.4, 0.5) is 0 Å². The molecule has 0 saturated carbocycles. The average molecular weight is 308 g/mol. The van der Waals surface area contributed by atoms with Crippen molar-refractivity contribution >= 4 is 16.7 Å². The monoisotopic (exact) mass is 308 g/mol. The highest BCUT2D eigenvalue weighted by Crippen LogP contribution is 2.35. The van der Waals surface area contributed by atoms with Crippen molar-refractivity contribution in [1.29, 1.82) is 0 Å². The number of aromatic carboxylic acids is 1. The molecule has 0 radical (unpaired) electrons. The standard InChI is InChI=1S/C19H16O4/c1-22-15-9-8-12-10-14(7-6-13(12)11-15)18-16(19(20)21)4-3-5-17(18)23-2/h3-11H,1-2H3,(H,20,21). The molecule has 0 spiro atoms. The van der Waals surface area contributed by atoms with Gasteiger partial charge < -0.3 is 14.6 Å². The van der Waals surface area contributed by atoms with Gasteiger partial charge in [0.25, 0.3) is 0 Å². The number of ether oxygens (including phenoxy) is 2. The Balaban J connectivity index is 2.22. The van der Waals surface area contributed by atoms with E-state index in [4.69, 9.17) is 9.47 Å². The van der Waals surface area contributed by atoms with Gasteiger partial charge in [-0.1, -0.05) is 24.3 Å². The second kappa shape index (κ2) is 6.01. The summed E-state index contributed by atoms with van der Waals surface area (Å²) < 4.78 is 10.6. The largest absolute Gasteiger partial charge is 0.497 e. The fraction of sp³-hybridized carbons (Fsp3) is 0.105. The lowest BCUT2D eigenvalue weighted by Crippen LogP contribution is -2.01. The van der Waals surface area contributed by atoms with Gasteiger partial charge in [0.15, 0.2) is 0 Å². The number of fused-ring (bicyclic) bond motifs is 1. The maximum absolute atomic E-state index is 11.5. The number of hydrogen-bond donors (Lipinski definition) is 1. The van der Waals surface area contributed by atoms with Crippen LogP contribution in [-0.2, 0) is 0 Å². The Morgan fingerprint density at radius 3 is 2.35 bits per heavy atom. The van der Waals surface area contributed by atoms with Gasteiger partial charge in [-0.2, -0.15) is 0 Å². The van der Waals surface area contributed by atoms with Crippen LogP contribution in [0, 0.1) is 0 Å². The fourth-order valence-corrected chi connectivity index (χ4v) is 2.68. The molecule has 4 heteroatoms. The van der Waals surface area contributed by atoms with Crippen LogP contribution >= 0.6 is 0 Å². The predicted octanol–water partition coefficient (Wildman–Crippen LogP) is 4.22. The molecular weight excluding hydrogens is 292 g/mol. The third kappa shape index (κ3) is 2.71. The summed E-state index contributed by atoms with van der Waals surface area (Å²) in [6.07, 6.45) is 0. The molecule has 3 aromatic rings. The summed E-state index contributed by atoms with van der Waals surface area (Å²) in [4.78, 5) is 11.5. The molecule has 0 heterocycles. The Morgan fingerprint density at radius 1 is 0.913 bits per heavy atom. The zero-order chi connectivity index (χ0) is 16.4. The van der Waals surface area contributed by atoms with E-state index in [0.717, 1.165) is 22.1 Å². The number of carboxylic acids is 1. The molecule has 0 amide bonds. The van der Waals surface area contributed by atoms with Gasteiger partial charge in [0.2, 0.25) is 0 Å². The van der Waals surface area contributed by atoms with Crippen LogP contribution in [0.25, 0.3) is 21.9 Å². The van der Waals surface area contributed by atoms with Crippen molar-refractivity contribution in [2.24, 2.45) is 0 Å². The zero-order valence-electron chi connectivity index (χ0n) is 12.9. The number of rotatable bonds is 4. The van der Waals surface area contributed by atoms with Crippen molar-refractivity contribution in [2.45, 2.75) is 0 Å². The van der Waals surface area contributed by atoms with Crippen LogP contribution in [0.5, 0.6) is 11.5 Å². The zero-order valence-corrected chi connectivity index (χ0v) is 12.9. The maximum Gasteiger partial charge on any atom is 0.336 e. The van der Waals surface area contributed by atoms with Gasteiger partial charge in [-0.25, -0.2) is 4.79 Å². The molecule has 1 N–H and O–H groups in total. The van der Waals surface area contributed by atoms with Crippen molar-refractivity contribution in [3.05, 3.63) is 60.2 Å². The Bertz CT molecular complexity index is 884. The Labute approximate surface area is 133 Å². The first kappa shape index (κ1) is 14.9. The van der Waals surface area contributed by atoms with Gasteiger partial charge in [-0.3, -0.25) is 0 Å². The van der Waals surface area contributed by atoms with Crippen LogP contribution in [0.15, 0.2) is 54.6 Å². The van der Waals surface area contributed by atoms with Crippen LogP contribution in [-0.4, -0.2) is 25.3 Å². The van der Waals surface area contributed by atoms with Crippen molar-refractivity contribution in [3.8, 4) is 22.6 Å². The second-order valence-corrected chi connectivity index (χ2v) is 5.12. The summed E-state index contributed by atoms with van der Waals surface area (Å²) in [7, 11) is 3.17. The molecule has 3 rings (SSSR count). The van der Waals surface area contributed by atoms with E-state index in [2.05, 4.69) is 0 Å². The molecule has 0 atom stereocenters. The number of methoxy groups -OCH3 is 2. The van der Waals surface area contributed by atoms with Crippen molar-refractivity contribution in [3.63, 3.8) is 0 Å². The smallest absolute Gasteiger partial charge is 0.336 e. The van der Waals surface area contributed by atoms with Crippen molar-refractivity contribution in [1.82, 2.24) is 0 Å². The Morgan fingerprint density at radius 2 is 1.65 bits per heavy atom. The molecule has 116 valence electrons. The third-order valence-corrected chi connectivity index (χ3v) is 3.81. The van der Waals surface area contributed by atoms with Gasteiger partial charge in [0.1, 0.15) is 11.5 Å². The average Bonchev–Trinajstić information content (AvgIpc) is 2.59. The maximum atomic E-state index is 11.5. The van der Waals surface area contributed by atoms with Crippen LogP contribution in [0.3, 0.4) is 0 Å². The minimum Gasteiger partial charge on any atom is -0.497 e.